The molecule has 1 aliphatic rings. The lowest BCUT2D eigenvalue weighted by molar-refractivity contribution is 0.431. The van der Waals surface area contributed by atoms with Gasteiger partial charge in [0.25, 0.3) is 0 Å². The predicted octanol–water partition coefficient (Wildman–Crippen LogP) is 0.634. The van der Waals surface area contributed by atoms with E-state index in [-0.39, 0.29) is 0 Å². The molecule has 2 rings (SSSR count). The third kappa shape index (κ3) is 1.12. The summed E-state index contributed by atoms with van der Waals surface area (Å²) >= 11 is 0. The minimum atomic E-state index is 0.451. The second kappa shape index (κ2) is 2.86. The van der Waals surface area contributed by atoms with Crippen molar-refractivity contribution < 1.29 is 0 Å². The highest BCUT2D eigenvalue weighted by atomic mass is 15.4. The molecule has 0 fully saturated rings. The molecule has 1 aromatic rings. The Hall–Kier alpha value is -0.900. The van der Waals surface area contributed by atoms with Crippen LogP contribution in [-0.2, 0) is 13.1 Å². The summed E-state index contributed by atoms with van der Waals surface area (Å²) in [6.07, 6.45) is 2.43. The van der Waals surface area contributed by atoms with Crippen LogP contribution in [0.4, 0.5) is 0 Å². The SMILES string of the molecule is CC1CCCn2nc(CN)nc21. The molecule has 1 aromatic heterocycles. The minimum Gasteiger partial charge on any atom is -0.324 e. The van der Waals surface area contributed by atoms with E-state index in [0.717, 1.165) is 18.2 Å². The van der Waals surface area contributed by atoms with Crippen LogP contribution in [-0.4, -0.2) is 14.8 Å². The first-order chi connectivity index (χ1) is 5.81. The zero-order valence-electron chi connectivity index (χ0n) is 7.32. The van der Waals surface area contributed by atoms with Gasteiger partial charge < -0.3 is 5.73 Å². The lowest BCUT2D eigenvalue weighted by atomic mass is 10.0. The van der Waals surface area contributed by atoms with E-state index >= 15 is 0 Å². The van der Waals surface area contributed by atoms with Crippen LogP contribution in [0.25, 0.3) is 0 Å². The zero-order valence-corrected chi connectivity index (χ0v) is 7.32. The molecule has 0 saturated heterocycles. The second-order valence-corrected chi connectivity index (χ2v) is 3.36. The lowest BCUT2D eigenvalue weighted by Gasteiger charge is -2.17. The van der Waals surface area contributed by atoms with Crippen molar-refractivity contribution in [2.45, 2.75) is 38.8 Å². The van der Waals surface area contributed by atoms with Gasteiger partial charge >= 0.3 is 0 Å². The number of aromatic nitrogens is 3. The van der Waals surface area contributed by atoms with Gasteiger partial charge in [-0.05, 0) is 12.8 Å². The summed E-state index contributed by atoms with van der Waals surface area (Å²) in [5.74, 6) is 2.44. The molecule has 4 nitrogen and oxygen atoms in total. The maximum Gasteiger partial charge on any atom is 0.164 e. The molecular weight excluding hydrogens is 152 g/mol. The van der Waals surface area contributed by atoms with Crippen molar-refractivity contribution in [2.75, 3.05) is 0 Å². The molecule has 2 heterocycles. The first kappa shape index (κ1) is 7.73. The first-order valence-corrected chi connectivity index (χ1v) is 4.45. The molecule has 0 bridgehead atoms. The molecule has 0 saturated carbocycles. The van der Waals surface area contributed by atoms with Crippen LogP contribution in [0.3, 0.4) is 0 Å². The summed E-state index contributed by atoms with van der Waals surface area (Å²) < 4.78 is 2.00. The van der Waals surface area contributed by atoms with Crippen molar-refractivity contribution in [3.05, 3.63) is 11.6 Å². The Morgan fingerprint density at radius 1 is 1.67 bits per heavy atom. The Morgan fingerprint density at radius 2 is 2.50 bits per heavy atom. The van der Waals surface area contributed by atoms with E-state index in [4.69, 9.17) is 5.73 Å². The number of hydrogen-bond acceptors (Lipinski definition) is 3. The van der Waals surface area contributed by atoms with Gasteiger partial charge in [0, 0.05) is 12.5 Å². The van der Waals surface area contributed by atoms with Crippen LogP contribution in [0.2, 0.25) is 0 Å². The van der Waals surface area contributed by atoms with Crippen LogP contribution >= 0.6 is 0 Å². The molecule has 2 N–H and O–H groups in total. The van der Waals surface area contributed by atoms with E-state index in [1.54, 1.807) is 0 Å². The number of aryl methyl sites for hydroxylation is 1. The van der Waals surface area contributed by atoms with Gasteiger partial charge in [0.1, 0.15) is 5.82 Å². The van der Waals surface area contributed by atoms with Gasteiger partial charge in [-0.3, -0.25) is 0 Å². The molecule has 0 spiro atoms. The van der Waals surface area contributed by atoms with Crippen molar-refractivity contribution in [2.24, 2.45) is 5.73 Å². The van der Waals surface area contributed by atoms with Gasteiger partial charge in [0.2, 0.25) is 0 Å². The Bertz CT molecular complexity index is 279. The van der Waals surface area contributed by atoms with Gasteiger partial charge in [0.05, 0.1) is 6.54 Å². The van der Waals surface area contributed by atoms with Crippen LogP contribution in [0, 0.1) is 0 Å². The van der Waals surface area contributed by atoms with Crippen LogP contribution in [0.15, 0.2) is 0 Å². The molecule has 66 valence electrons. The monoisotopic (exact) mass is 166 g/mol. The highest BCUT2D eigenvalue weighted by molar-refractivity contribution is 5.01. The summed E-state index contributed by atoms with van der Waals surface area (Å²) in [7, 11) is 0. The summed E-state index contributed by atoms with van der Waals surface area (Å²) in [6, 6.07) is 0. The van der Waals surface area contributed by atoms with Gasteiger partial charge in [0.15, 0.2) is 5.82 Å². The fourth-order valence-corrected chi connectivity index (χ4v) is 1.69. The lowest BCUT2D eigenvalue weighted by Crippen LogP contribution is -2.14. The molecule has 4 heteroatoms. The molecule has 12 heavy (non-hydrogen) atoms. The number of hydrogen-bond donors (Lipinski definition) is 1. The van der Waals surface area contributed by atoms with Crippen LogP contribution < -0.4 is 5.73 Å². The Morgan fingerprint density at radius 3 is 3.17 bits per heavy atom. The second-order valence-electron chi connectivity index (χ2n) is 3.36. The average molecular weight is 166 g/mol. The smallest absolute Gasteiger partial charge is 0.164 e. The molecule has 0 aliphatic carbocycles. The fourth-order valence-electron chi connectivity index (χ4n) is 1.69. The van der Waals surface area contributed by atoms with Crippen molar-refractivity contribution in [1.29, 1.82) is 0 Å². The van der Waals surface area contributed by atoms with E-state index in [2.05, 4.69) is 17.0 Å². The van der Waals surface area contributed by atoms with Gasteiger partial charge in [-0.1, -0.05) is 6.92 Å². The third-order valence-electron chi connectivity index (χ3n) is 2.37. The zero-order chi connectivity index (χ0) is 8.55. The van der Waals surface area contributed by atoms with Crippen molar-refractivity contribution >= 4 is 0 Å². The molecule has 1 atom stereocenters. The van der Waals surface area contributed by atoms with Crippen molar-refractivity contribution in [1.82, 2.24) is 14.8 Å². The highest BCUT2D eigenvalue weighted by Gasteiger charge is 2.19. The molecule has 0 amide bonds. The molecular formula is C8H14N4. The number of nitrogens with zero attached hydrogens (tertiary/aromatic N) is 3. The molecule has 1 unspecified atom stereocenters. The number of nitrogens with two attached hydrogens (primary N) is 1. The fraction of sp³-hybridized carbons (Fsp3) is 0.750. The Kier molecular flexibility index (Phi) is 1.84. The van der Waals surface area contributed by atoms with Gasteiger partial charge in [-0.15, -0.1) is 0 Å². The summed E-state index contributed by atoms with van der Waals surface area (Å²) in [4.78, 5) is 4.38. The first-order valence-electron chi connectivity index (χ1n) is 4.45. The predicted molar refractivity (Wildman–Crippen MR) is 45.6 cm³/mol. The number of fused-ring (bicyclic) bond motifs is 1. The topological polar surface area (TPSA) is 56.7 Å². The Balaban J connectivity index is 2.37. The maximum atomic E-state index is 5.47. The average Bonchev–Trinajstić information content (AvgIpc) is 2.49. The van der Waals surface area contributed by atoms with E-state index in [1.807, 2.05) is 4.68 Å². The largest absolute Gasteiger partial charge is 0.324 e. The molecule has 0 aromatic carbocycles. The van der Waals surface area contributed by atoms with Crippen molar-refractivity contribution in [3.63, 3.8) is 0 Å². The highest BCUT2D eigenvalue weighted by Crippen LogP contribution is 2.24. The van der Waals surface area contributed by atoms with Crippen LogP contribution in [0.1, 0.15) is 37.3 Å². The quantitative estimate of drug-likeness (QED) is 0.666. The van der Waals surface area contributed by atoms with E-state index < -0.39 is 0 Å². The van der Waals surface area contributed by atoms with E-state index in [9.17, 15) is 0 Å². The standard InChI is InChI=1S/C8H14N4/c1-6-3-2-4-12-8(6)10-7(5-9)11-12/h6H,2-5,9H2,1H3. The summed E-state index contributed by atoms with van der Waals surface area (Å²) in [5.41, 5.74) is 5.47. The Labute approximate surface area is 71.8 Å². The molecule has 0 radical (unpaired) electrons. The van der Waals surface area contributed by atoms with Crippen molar-refractivity contribution in [3.8, 4) is 0 Å². The maximum absolute atomic E-state index is 5.47. The minimum absolute atomic E-state index is 0.451. The third-order valence-corrected chi connectivity index (χ3v) is 2.37. The van der Waals surface area contributed by atoms with Crippen LogP contribution in [0.5, 0.6) is 0 Å². The summed E-state index contributed by atoms with van der Waals surface area (Å²) in [6.45, 7) is 3.65. The van der Waals surface area contributed by atoms with Gasteiger partial charge in [-0.2, -0.15) is 5.10 Å². The molecule has 1 aliphatic heterocycles. The van der Waals surface area contributed by atoms with Gasteiger partial charge in [-0.25, -0.2) is 9.67 Å². The van der Waals surface area contributed by atoms with E-state index in [1.165, 1.54) is 12.8 Å². The summed E-state index contributed by atoms with van der Waals surface area (Å²) in [5, 5.41) is 4.30. The van der Waals surface area contributed by atoms with E-state index in [0.29, 0.717) is 12.5 Å². The normalized spacial score (nSPS) is 22.3. The number of rotatable bonds is 1.